The van der Waals surface area contributed by atoms with Gasteiger partial charge in [0.2, 0.25) is 5.82 Å². The quantitative estimate of drug-likeness (QED) is 0.527. The van der Waals surface area contributed by atoms with E-state index in [4.69, 9.17) is 0 Å². The minimum Gasteiger partial charge on any atom is -0.348 e. The number of halogens is 2. The van der Waals surface area contributed by atoms with E-state index >= 15 is 0 Å². The van der Waals surface area contributed by atoms with Gasteiger partial charge >= 0.3 is 5.69 Å². The van der Waals surface area contributed by atoms with Gasteiger partial charge in [-0.1, -0.05) is 12.2 Å². The lowest BCUT2D eigenvalue weighted by Crippen LogP contribution is -2.25. The first-order chi connectivity index (χ1) is 8.32. The molecule has 0 aliphatic carbocycles. The lowest BCUT2D eigenvalue weighted by Gasteiger charge is -2.07. The molecular formula is C11H10BrFN2O3. The Morgan fingerprint density at radius 3 is 2.72 bits per heavy atom. The molecule has 1 N–H and O–H groups in total. The van der Waals surface area contributed by atoms with Crippen molar-refractivity contribution in [2.75, 3.05) is 6.54 Å². The van der Waals surface area contributed by atoms with Crippen molar-refractivity contribution < 1.29 is 14.1 Å². The van der Waals surface area contributed by atoms with E-state index in [1.165, 1.54) is 0 Å². The van der Waals surface area contributed by atoms with Crippen LogP contribution in [0.1, 0.15) is 17.3 Å². The molecule has 5 nitrogen and oxygen atoms in total. The van der Waals surface area contributed by atoms with Gasteiger partial charge in [-0.25, -0.2) is 0 Å². The molecule has 1 amide bonds. The van der Waals surface area contributed by atoms with Crippen LogP contribution in [-0.2, 0) is 0 Å². The molecule has 0 fully saturated rings. The van der Waals surface area contributed by atoms with Crippen LogP contribution in [-0.4, -0.2) is 17.4 Å². The Morgan fingerprint density at radius 1 is 1.61 bits per heavy atom. The molecule has 0 radical (unpaired) electrons. The molecule has 1 aromatic carbocycles. The van der Waals surface area contributed by atoms with E-state index in [0.29, 0.717) is 0 Å². The van der Waals surface area contributed by atoms with E-state index in [9.17, 15) is 19.3 Å². The first-order valence-corrected chi connectivity index (χ1v) is 5.68. The number of nitrogens with one attached hydrogen (secondary N) is 1. The summed E-state index contributed by atoms with van der Waals surface area (Å²) in [5.74, 6) is -1.58. The molecule has 0 atom stereocenters. The maximum absolute atomic E-state index is 13.4. The number of rotatable bonds is 4. The van der Waals surface area contributed by atoms with Gasteiger partial charge < -0.3 is 5.32 Å². The molecule has 0 aliphatic rings. The number of hydrogen-bond acceptors (Lipinski definition) is 3. The molecular weight excluding hydrogens is 307 g/mol. The SMILES string of the molecule is C=C(C)CNC(=O)c1cc(F)c([N+](=O)[O-])cc1Br. The standard InChI is InChI=1S/C11H10BrFN2O3/c1-6(2)5-14-11(16)7-3-9(13)10(15(17)18)4-8(7)12/h3-4H,1,5H2,2H3,(H,14,16). The molecule has 0 bridgehead atoms. The van der Waals surface area contributed by atoms with Gasteiger partial charge in [0.15, 0.2) is 0 Å². The van der Waals surface area contributed by atoms with Crippen LogP contribution in [0.5, 0.6) is 0 Å². The second-order valence-electron chi connectivity index (χ2n) is 3.68. The van der Waals surface area contributed by atoms with Crippen molar-refractivity contribution in [3.63, 3.8) is 0 Å². The first kappa shape index (κ1) is 14.3. The Balaban J connectivity index is 3.04. The topological polar surface area (TPSA) is 72.2 Å². The zero-order valence-electron chi connectivity index (χ0n) is 9.50. The van der Waals surface area contributed by atoms with E-state index in [2.05, 4.69) is 27.8 Å². The van der Waals surface area contributed by atoms with Gasteiger partial charge in [0, 0.05) is 17.1 Å². The number of hydrogen-bond donors (Lipinski definition) is 1. The van der Waals surface area contributed by atoms with Crippen molar-refractivity contribution >= 4 is 27.5 Å². The molecule has 0 aliphatic heterocycles. The molecule has 0 heterocycles. The second kappa shape index (κ2) is 5.72. The molecule has 1 rings (SSSR count). The van der Waals surface area contributed by atoms with Crippen molar-refractivity contribution in [2.45, 2.75) is 6.92 Å². The molecule has 0 aromatic heterocycles. The highest BCUT2D eigenvalue weighted by Crippen LogP contribution is 2.26. The van der Waals surface area contributed by atoms with E-state index in [1.54, 1.807) is 6.92 Å². The molecule has 0 saturated heterocycles. The number of nitro groups is 1. The van der Waals surface area contributed by atoms with Crippen molar-refractivity contribution in [3.05, 3.63) is 50.3 Å². The van der Waals surface area contributed by atoms with E-state index in [1.807, 2.05) is 0 Å². The summed E-state index contributed by atoms with van der Waals surface area (Å²) < 4.78 is 13.5. The summed E-state index contributed by atoms with van der Waals surface area (Å²) >= 11 is 3.00. The van der Waals surface area contributed by atoms with Crippen LogP contribution in [0.25, 0.3) is 0 Å². The van der Waals surface area contributed by atoms with Crippen LogP contribution in [0.2, 0.25) is 0 Å². The van der Waals surface area contributed by atoms with Crippen LogP contribution < -0.4 is 5.32 Å². The Kier molecular flexibility index (Phi) is 4.55. The van der Waals surface area contributed by atoms with E-state index in [0.717, 1.165) is 17.7 Å². The van der Waals surface area contributed by atoms with Crippen LogP contribution in [0.15, 0.2) is 28.8 Å². The van der Waals surface area contributed by atoms with Gasteiger partial charge in [-0.05, 0) is 28.9 Å². The number of nitrogens with zero attached hydrogens (tertiary/aromatic N) is 1. The normalized spacial score (nSPS) is 9.94. The summed E-state index contributed by atoms with van der Waals surface area (Å²) in [7, 11) is 0. The Hall–Kier alpha value is -1.76. The maximum atomic E-state index is 13.4. The maximum Gasteiger partial charge on any atom is 0.305 e. The minimum absolute atomic E-state index is 0.000602. The van der Waals surface area contributed by atoms with Gasteiger partial charge in [-0.15, -0.1) is 0 Å². The summed E-state index contributed by atoms with van der Waals surface area (Å²) in [5.41, 5.74) is 0.0551. The van der Waals surface area contributed by atoms with Crippen molar-refractivity contribution in [2.24, 2.45) is 0 Å². The summed E-state index contributed by atoms with van der Waals surface area (Å²) in [4.78, 5) is 21.3. The third kappa shape index (κ3) is 3.36. The molecule has 18 heavy (non-hydrogen) atoms. The predicted molar refractivity (Wildman–Crippen MR) is 67.9 cm³/mol. The van der Waals surface area contributed by atoms with Crippen molar-refractivity contribution in [3.8, 4) is 0 Å². The molecule has 1 aromatic rings. The van der Waals surface area contributed by atoms with E-state index in [-0.39, 0.29) is 16.6 Å². The summed E-state index contributed by atoms with van der Waals surface area (Å²) in [6.07, 6.45) is 0. The number of carbonyl (C=O) groups excluding carboxylic acids is 1. The van der Waals surface area contributed by atoms with E-state index < -0.39 is 22.3 Å². The minimum atomic E-state index is -1.05. The summed E-state index contributed by atoms with van der Waals surface area (Å²) in [6.45, 7) is 5.59. The molecule has 0 spiro atoms. The van der Waals surface area contributed by atoms with Crippen LogP contribution in [0.4, 0.5) is 10.1 Å². The Morgan fingerprint density at radius 2 is 2.22 bits per heavy atom. The number of carbonyl (C=O) groups is 1. The van der Waals surface area contributed by atoms with Gasteiger partial charge in [0.1, 0.15) is 0 Å². The van der Waals surface area contributed by atoms with Crippen molar-refractivity contribution in [1.82, 2.24) is 5.32 Å². The molecule has 0 unspecified atom stereocenters. The zero-order valence-corrected chi connectivity index (χ0v) is 11.1. The zero-order chi connectivity index (χ0) is 13.9. The Bertz CT molecular complexity index is 531. The highest BCUT2D eigenvalue weighted by Gasteiger charge is 2.20. The predicted octanol–water partition coefficient (Wildman–Crippen LogP) is 2.80. The number of nitro benzene ring substituents is 1. The number of benzene rings is 1. The molecule has 0 saturated carbocycles. The lowest BCUT2D eigenvalue weighted by atomic mass is 10.2. The molecule has 7 heteroatoms. The highest BCUT2D eigenvalue weighted by atomic mass is 79.9. The van der Waals surface area contributed by atoms with Crippen LogP contribution >= 0.6 is 15.9 Å². The monoisotopic (exact) mass is 316 g/mol. The first-order valence-electron chi connectivity index (χ1n) is 4.89. The van der Waals surface area contributed by atoms with Gasteiger partial charge in [0.05, 0.1) is 10.5 Å². The van der Waals surface area contributed by atoms with Gasteiger partial charge in [-0.2, -0.15) is 4.39 Å². The second-order valence-corrected chi connectivity index (χ2v) is 4.53. The average molecular weight is 317 g/mol. The average Bonchev–Trinajstić information content (AvgIpc) is 2.28. The fourth-order valence-electron chi connectivity index (χ4n) is 1.18. The van der Waals surface area contributed by atoms with Gasteiger partial charge in [0.25, 0.3) is 5.91 Å². The van der Waals surface area contributed by atoms with Crippen molar-refractivity contribution in [1.29, 1.82) is 0 Å². The fourth-order valence-corrected chi connectivity index (χ4v) is 1.69. The van der Waals surface area contributed by atoms with Crippen LogP contribution in [0, 0.1) is 15.9 Å². The largest absolute Gasteiger partial charge is 0.348 e. The lowest BCUT2D eigenvalue weighted by molar-refractivity contribution is -0.387. The summed E-state index contributed by atoms with van der Waals surface area (Å²) in [6, 6.07) is 1.79. The third-order valence-corrected chi connectivity index (χ3v) is 2.68. The van der Waals surface area contributed by atoms with Crippen LogP contribution in [0.3, 0.4) is 0 Å². The highest BCUT2D eigenvalue weighted by molar-refractivity contribution is 9.10. The fraction of sp³-hybridized carbons (Fsp3) is 0.182. The number of amides is 1. The van der Waals surface area contributed by atoms with Gasteiger partial charge in [-0.3, -0.25) is 14.9 Å². The molecule has 96 valence electrons. The third-order valence-electron chi connectivity index (χ3n) is 2.03. The Labute approximate surface area is 111 Å². The summed E-state index contributed by atoms with van der Waals surface area (Å²) in [5, 5.41) is 13.0. The smallest absolute Gasteiger partial charge is 0.305 e.